The number of methoxy groups -OCH3 is 2. The molecule has 27 heavy (non-hydrogen) atoms. The van der Waals surface area contributed by atoms with Gasteiger partial charge >= 0.3 is 0 Å². The maximum absolute atomic E-state index is 12.6. The molecule has 7 nitrogen and oxygen atoms in total. The number of ether oxygens (including phenoxy) is 2. The predicted molar refractivity (Wildman–Crippen MR) is 113 cm³/mol. The second-order valence-electron chi connectivity index (χ2n) is 5.56. The third-order valence-corrected chi connectivity index (χ3v) is 5.73. The van der Waals surface area contributed by atoms with Crippen LogP contribution in [0.15, 0.2) is 36.4 Å². The fraction of sp³-hybridized carbons (Fsp3) is 0.176. The van der Waals surface area contributed by atoms with Crippen LogP contribution in [-0.2, 0) is 15.8 Å². The number of anilines is 1. The summed E-state index contributed by atoms with van der Waals surface area (Å²) >= 11 is 8.10. The van der Waals surface area contributed by atoms with Gasteiger partial charge in [0.05, 0.1) is 25.5 Å². The Morgan fingerprint density at radius 2 is 1.81 bits per heavy atom. The average molecular weight is 520 g/mol. The Hall–Kier alpha value is -1.85. The molecule has 0 unspecified atom stereocenters. The van der Waals surface area contributed by atoms with Crippen molar-refractivity contribution in [2.75, 3.05) is 18.9 Å². The van der Waals surface area contributed by atoms with Gasteiger partial charge in [0, 0.05) is 15.0 Å². The van der Waals surface area contributed by atoms with Crippen LogP contribution in [-0.4, -0.2) is 32.6 Å². The zero-order chi connectivity index (χ0) is 19.6. The van der Waals surface area contributed by atoms with E-state index in [1.807, 2.05) is 6.07 Å². The quantitative estimate of drug-likeness (QED) is 0.393. The molecule has 0 radical (unpaired) electrons. The predicted octanol–water partition coefficient (Wildman–Crippen LogP) is 3.85. The fourth-order valence-corrected chi connectivity index (χ4v) is 4.46. The summed E-state index contributed by atoms with van der Waals surface area (Å²) in [7, 11) is -0.737. The molecule has 0 saturated heterocycles. The first-order valence-electron chi connectivity index (χ1n) is 7.65. The van der Waals surface area contributed by atoms with Gasteiger partial charge in [-0.05, 0) is 58.0 Å². The van der Waals surface area contributed by atoms with E-state index in [0.29, 0.717) is 28.0 Å². The Kier molecular flexibility index (Phi) is 5.92. The highest BCUT2D eigenvalue weighted by atomic mass is 127. The first-order chi connectivity index (χ1) is 12.8. The molecule has 0 bridgehead atoms. The molecule has 3 aromatic rings. The summed E-state index contributed by atoms with van der Waals surface area (Å²) in [5, 5.41) is 0.366. The van der Waals surface area contributed by atoms with E-state index in [1.54, 1.807) is 30.3 Å². The van der Waals surface area contributed by atoms with E-state index in [-0.39, 0.29) is 16.9 Å². The van der Waals surface area contributed by atoms with E-state index in [4.69, 9.17) is 21.1 Å². The molecule has 0 atom stereocenters. The van der Waals surface area contributed by atoms with Crippen molar-refractivity contribution in [1.29, 1.82) is 0 Å². The van der Waals surface area contributed by atoms with Crippen LogP contribution in [0.1, 0.15) is 5.56 Å². The summed E-state index contributed by atoms with van der Waals surface area (Å²) in [6, 6.07) is 10.5. The van der Waals surface area contributed by atoms with E-state index < -0.39 is 10.0 Å². The van der Waals surface area contributed by atoms with Crippen LogP contribution in [0.4, 0.5) is 5.82 Å². The lowest BCUT2D eigenvalue weighted by molar-refractivity contribution is 0.356. The maximum atomic E-state index is 12.6. The van der Waals surface area contributed by atoms with Crippen molar-refractivity contribution in [1.82, 2.24) is 9.97 Å². The number of rotatable bonds is 6. The zero-order valence-corrected chi connectivity index (χ0v) is 18.1. The summed E-state index contributed by atoms with van der Waals surface area (Å²) < 4.78 is 39.3. The van der Waals surface area contributed by atoms with Gasteiger partial charge in [0.2, 0.25) is 15.3 Å². The molecule has 0 spiro atoms. The van der Waals surface area contributed by atoms with E-state index in [2.05, 4.69) is 37.3 Å². The first kappa shape index (κ1) is 19.9. The van der Waals surface area contributed by atoms with Crippen LogP contribution >= 0.6 is 34.2 Å². The van der Waals surface area contributed by atoms with E-state index in [1.165, 1.54) is 14.2 Å². The van der Waals surface area contributed by atoms with Gasteiger partial charge in [0.25, 0.3) is 0 Å². The standard InChI is InChI=1S/C17H15ClIN3O4S/c1-25-14-7-12-13(8-15(14)26-2)20-17(18)21-16(12)22-27(23,24)9-10-4-3-5-11(19)6-10/h3-8H,9H2,1-2H3,(H,20,21,22). The normalized spacial score (nSPS) is 11.4. The summed E-state index contributed by atoms with van der Waals surface area (Å²) in [6.45, 7) is 0. The summed E-state index contributed by atoms with van der Waals surface area (Å²) in [5.41, 5.74) is 1.10. The van der Waals surface area contributed by atoms with E-state index in [0.717, 1.165) is 3.57 Å². The molecular weight excluding hydrogens is 505 g/mol. The van der Waals surface area contributed by atoms with Crippen LogP contribution in [0.25, 0.3) is 10.9 Å². The van der Waals surface area contributed by atoms with Crippen molar-refractivity contribution >= 4 is 60.9 Å². The largest absolute Gasteiger partial charge is 0.493 e. The number of sulfonamides is 1. The number of nitrogens with zero attached hydrogens (tertiary/aromatic N) is 2. The molecular formula is C17H15ClIN3O4S. The Balaban J connectivity index is 2.02. The van der Waals surface area contributed by atoms with Gasteiger partial charge in [-0.3, -0.25) is 4.72 Å². The van der Waals surface area contributed by atoms with Crippen molar-refractivity contribution < 1.29 is 17.9 Å². The summed E-state index contributed by atoms with van der Waals surface area (Å²) in [5.74, 6) is 0.762. The summed E-state index contributed by atoms with van der Waals surface area (Å²) in [6.07, 6.45) is 0. The topological polar surface area (TPSA) is 90.4 Å². The number of halogens is 2. The third kappa shape index (κ3) is 4.71. The van der Waals surface area contributed by atoms with Crippen molar-refractivity contribution in [2.24, 2.45) is 0 Å². The average Bonchev–Trinajstić information content (AvgIpc) is 2.59. The minimum Gasteiger partial charge on any atom is -0.493 e. The lowest BCUT2D eigenvalue weighted by atomic mass is 10.2. The lowest BCUT2D eigenvalue weighted by Crippen LogP contribution is -2.16. The second kappa shape index (κ2) is 8.03. The number of hydrogen-bond acceptors (Lipinski definition) is 6. The van der Waals surface area contributed by atoms with Crippen molar-refractivity contribution in [2.45, 2.75) is 5.75 Å². The lowest BCUT2D eigenvalue weighted by Gasteiger charge is -2.13. The van der Waals surface area contributed by atoms with E-state index in [9.17, 15) is 8.42 Å². The summed E-state index contributed by atoms with van der Waals surface area (Å²) in [4.78, 5) is 8.17. The number of fused-ring (bicyclic) bond motifs is 1. The molecule has 1 aromatic heterocycles. The van der Waals surface area contributed by atoms with Crippen molar-refractivity contribution in [3.8, 4) is 11.5 Å². The van der Waals surface area contributed by atoms with Gasteiger partial charge in [-0.15, -0.1) is 0 Å². The minimum absolute atomic E-state index is 0.0802. The number of nitrogens with one attached hydrogen (secondary N) is 1. The highest BCUT2D eigenvalue weighted by Crippen LogP contribution is 2.35. The molecule has 0 fully saturated rings. The highest BCUT2D eigenvalue weighted by Gasteiger charge is 2.18. The monoisotopic (exact) mass is 519 g/mol. The second-order valence-corrected chi connectivity index (χ2v) is 8.86. The van der Waals surface area contributed by atoms with Gasteiger partial charge in [-0.1, -0.05) is 12.1 Å². The molecule has 3 rings (SSSR count). The van der Waals surface area contributed by atoms with Gasteiger partial charge in [-0.2, -0.15) is 4.98 Å². The molecule has 0 saturated carbocycles. The van der Waals surface area contributed by atoms with E-state index >= 15 is 0 Å². The van der Waals surface area contributed by atoms with Gasteiger partial charge in [0.15, 0.2) is 17.3 Å². The van der Waals surface area contributed by atoms with Crippen LogP contribution in [0.3, 0.4) is 0 Å². The molecule has 0 aliphatic rings. The molecule has 1 N–H and O–H groups in total. The Bertz CT molecular complexity index is 1110. The molecule has 142 valence electrons. The van der Waals surface area contributed by atoms with Crippen LogP contribution in [0, 0.1) is 3.57 Å². The molecule has 0 amide bonds. The van der Waals surface area contributed by atoms with Crippen molar-refractivity contribution in [3.63, 3.8) is 0 Å². The molecule has 10 heteroatoms. The van der Waals surface area contributed by atoms with Gasteiger partial charge < -0.3 is 9.47 Å². The minimum atomic E-state index is -3.72. The van der Waals surface area contributed by atoms with Crippen LogP contribution < -0.4 is 14.2 Å². The zero-order valence-electron chi connectivity index (χ0n) is 14.4. The Morgan fingerprint density at radius 1 is 1.11 bits per heavy atom. The molecule has 1 heterocycles. The molecule has 2 aromatic carbocycles. The smallest absolute Gasteiger partial charge is 0.238 e. The molecule has 0 aliphatic carbocycles. The Labute approximate surface area is 175 Å². The van der Waals surface area contributed by atoms with Crippen molar-refractivity contribution in [3.05, 3.63) is 50.8 Å². The number of hydrogen-bond donors (Lipinski definition) is 1. The van der Waals surface area contributed by atoms with Crippen LogP contribution in [0.2, 0.25) is 5.28 Å². The number of aromatic nitrogens is 2. The third-order valence-electron chi connectivity index (χ3n) is 3.67. The number of benzene rings is 2. The maximum Gasteiger partial charge on any atom is 0.238 e. The Morgan fingerprint density at radius 3 is 2.48 bits per heavy atom. The first-order valence-corrected chi connectivity index (χ1v) is 10.8. The van der Waals surface area contributed by atoms with Crippen LogP contribution in [0.5, 0.6) is 11.5 Å². The molecule has 0 aliphatic heterocycles. The van der Waals surface area contributed by atoms with Gasteiger partial charge in [-0.25, -0.2) is 13.4 Å². The van der Waals surface area contributed by atoms with Gasteiger partial charge in [0.1, 0.15) is 0 Å². The highest BCUT2D eigenvalue weighted by molar-refractivity contribution is 14.1. The fourth-order valence-electron chi connectivity index (χ4n) is 2.53. The SMILES string of the molecule is COc1cc2nc(Cl)nc(NS(=O)(=O)Cc3cccc(I)c3)c2cc1OC.